The molecule has 0 fully saturated rings. The first-order chi connectivity index (χ1) is 10.6. The summed E-state index contributed by atoms with van der Waals surface area (Å²) in [6, 6.07) is 18.1. The molecule has 0 amide bonds. The normalized spacial score (nSPS) is 11.7. The highest BCUT2D eigenvalue weighted by Crippen LogP contribution is 2.39. The van der Waals surface area contributed by atoms with Crippen LogP contribution in [-0.4, -0.2) is 26.5 Å². The van der Waals surface area contributed by atoms with E-state index in [9.17, 15) is 9.46 Å². The molecule has 0 spiro atoms. The van der Waals surface area contributed by atoms with Crippen LogP contribution >= 0.6 is 29.4 Å². The van der Waals surface area contributed by atoms with E-state index in [0.717, 1.165) is 5.56 Å². The zero-order chi connectivity index (χ0) is 15.9. The number of hydrogen-bond donors (Lipinski definition) is 1. The van der Waals surface area contributed by atoms with Gasteiger partial charge in [0.1, 0.15) is 4.99 Å². The van der Waals surface area contributed by atoms with Crippen LogP contribution in [0.2, 0.25) is 0 Å². The second-order valence-electron chi connectivity index (χ2n) is 4.23. The van der Waals surface area contributed by atoms with Gasteiger partial charge in [-0.2, -0.15) is 0 Å². The highest BCUT2D eigenvalue weighted by Gasteiger charge is 2.37. The van der Waals surface area contributed by atoms with E-state index in [2.05, 4.69) is 0 Å². The monoisotopic (exact) mass is 353 g/mol. The second-order valence-corrected chi connectivity index (χ2v) is 6.65. The minimum atomic E-state index is -2.30. The van der Waals surface area contributed by atoms with E-state index in [1.807, 2.05) is 36.4 Å². The molecule has 0 saturated carbocycles. The van der Waals surface area contributed by atoms with Crippen LogP contribution in [0.1, 0.15) is 5.56 Å². The largest absolute Gasteiger partial charge is 0.692 e. The van der Waals surface area contributed by atoms with Gasteiger partial charge in [-0.1, -0.05) is 60.7 Å². The summed E-state index contributed by atoms with van der Waals surface area (Å²) in [6.07, 6.45) is 0. The lowest BCUT2D eigenvalue weighted by Crippen LogP contribution is -2.34. The number of para-hydroxylation sites is 1. The van der Waals surface area contributed by atoms with Crippen LogP contribution in [0.4, 0.5) is 0 Å². The number of thiocarbonyl (C=S) groups is 1. The van der Waals surface area contributed by atoms with E-state index in [0.29, 0.717) is 10.7 Å². The van der Waals surface area contributed by atoms with Gasteiger partial charge in [0.2, 0.25) is 0 Å². The van der Waals surface area contributed by atoms with Crippen LogP contribution in [0.15, 0.2) is 60.7 Å². The van der Waals surface area contributed by atoms with E-state index >= 15 is 0 Å². The molecule has 0 aliphatic heterocycles. The van der Waals surface area contributed by atoms with Crippen LogP contribution < -0.4 is 4.52 Å². The standard InChI is InChI=1S/C14H15N2O3P2S/c1-15(14(22)12-8-4-2-5-9-12)16(20-17)21(18)19-13-10-6-3-7-11-13/h2-11,17,20H,1H3/q+1. The van der Waals surface area contributed by atoms with Crippen molar-refractivity contribution in [1.29, 1.82) is 0 Å². The van der Waals surface area contributed by atoms with Crippen molar-refractivity contribution in [3.8, 4) is 5.75 Å². The predicted octanol–water partition coefficient (Wildman–Crippen LogP) is 3.75. The van der Waals surface area contributed by atoms with Crippen molar-refractivity contribution in [1.82, 2.24) is 9.56 Å². The highest BCUT2D eigenvalue weighted by atomic mass is 32.1. The minimum absolute atomic E-state index is 0.446. The van der Waals surface area contributed by atoms with Crippen molar-refractivity contribution in [3.63, 3.8) is 0 Å². The first kappa shape index (κ1) is 16.9. The van der Waals surface area contributed by atoms with Gasteiger partial charge in [0.05, 0.1) is 4.55 Å². The maximum atomic E-state index is 12.3. The zero-order valence-corrected chi connectivity index (χ0v) is 14.5. The summed E-state index contributed by atoms with van der Waals surface area (Å²) in [7, 11) is -1.40. The molecule has 0 aliphatic carbocycles. The molecule has 0 heterocycles. The lowest BCUT2D eigenvalue weighted by atomic mass is 10.2. The Morgan fingerprint density at radius 3 is 2.23 bits per heavy atom. The number of benzene rings is 2. The Labute approximate surface area is 137 Å². The quantitative estimate of drug-likeness (QED) is 0.485. The number of rotatable bonds is 6. The SMILES string of the molecule is CN(C(=S)c1ccccc1)N(PO)[P+](=O)Oc1ccccc1. The molecule has 22 heavy (non-hydrogen) atoms. The Kier molecular flexibility index (Phi) is 6.37. The van der Waals surface area contributed by atoms with Gasteiger partial charge < -0.3 is 4.89 Å². The Morgan fingerprint density at radius 2 is 1.68 bits per heavy atom. The Bertz CT molecular complexity index is 643. The summed E-state index contributed by atoms with van der Waals surface area (Å²) >= 11 is 5.36. The minimum Gasteiger partial charge on any atom is -0.357 e. The van der Waals surface area contributed by atoms with Gasteiger partial charge in [0.15, 0.2) is 14.7 Å². The summed E-state index contributed by atoms with van der Waals surface area (Å²) in [6.45, 7) is 0. The van der Waals surface area contributed by atoms with Gasteiger partial charge in [-0.25, -0.2) is 4.52 Å². The maximum Gasteiger partial charge on any atom is 0.692 e. The molecule has 2 aromatic carbocycles. The summed E-state index contributed by atoms with van der Waals surface area (Å²) in [5.74, 6) is 0.464. The summed E-state index contributed by atoms with van der Waals surface area (Å²) in [4.78, 5) is 9.98. The lowest BCUT2D eigenvalue weighted by molar-refractivity contribution is 0.280. The van der Waals surface area contributed by atoms with Gasteiger partial charge >= 0.3 is 8.18 Å². The third kappa shape index (κ3) is 4.29. The van der Waals surface area contributed by atoms with E-state index in [4.69, 9.17) is 16.7 Å². The van der Waals surface area contributed by atoms with Crippen LogP contribution in [-0.2, 0) is 4.57 Å². The van der Waals surface area contributed by atoms with Crippen LogP contribution in [0.3, 0.4) is 0 Å². The molecule has 0 bridgehead atoms. The number of hydrogen-bond acceptors (Lipinski definition) is 4. The summed E-state index contributed by atoms with van der Waals surface area (Å²) in [5, 5.41) is 1.46. The summed E-state index contributed by atoms with van der Waals surface area (Å²) < 4.78 is 18.9. The third-order valence-corrected chi connectivity index (χ3v) is 5.45. The molecule has 2 unspecified atom stereocenters. The molecule has 0 radical (unpaired) electrons. The molecule has 0 saturated heterocycles. The van der Waals surface area contributed by atoms with Crippen molar-refractivity contribution in [2.45, 2.75) is 0 Å². The van der Waals surface area contributed by atoms with E-state index in [-0.39, 0.29) is 0 Å². The van der Waals surface area contributed by atoms with E-state index < -0.39 is 17.1 Å². The predicted molar refractivity (Wildman–Crippen MR) is 93.0 cm³/mol. The summed E-state index contributed by atoms with van der Waals surface area (Å²) in [5.41, 5.74) is 0.798. The Hall–Kier alpha value is -1.42. The molecule has 0 aromatic heterocycles. The number of hydrazine groups is 1. The molecule has 8 heteroatoms. The molecule has 2 aromatic rings. The molecule has 5 nitrogen and oxygen atoms in total. The van der Waals surface area contributed by atoms with Crippen LogP contribution in [0, 0.1) is 0 Å². The Morgan fingerprint density at radius 1 is 1.14 bits per heavy atom. The van der Waals surface area contributed by atoms with Crippen LogP contribution in [0.25, 0.3) is 0 Å². The van der Waals surface area contributed by atoms with Gasteiger partial charge in [-0.15, -0.1) is 0 Å². The fraction of sp³-hybridized carbons (Fsp3) is 0.0714. The van der Waals surface area contributed by atoms with Crippen molar-refractivity contribution in [3.05, 3.63) is 66.2 Å². The number of nitrogens with zero attached hydrogens (tertiary/aromatic N) is 2. The first-order valence-corrected chi connectivity index (χ1v) is 8.80. The van der Waals surface area contributed by atoms with Crippen molar-refractivity contribution in [2.24, 2.45) is 0 Å². The van der Waals surface area contributed by atoms with E-state index in [1.165, 1.54) is 9.56 Å². The van der Waals surface area contributed by atoms with Crippen molar-refractivity contribution in [2.75, 3.05) is 7.05 Å². The molecular formula is C14H15N2O3P2S+. The fourth-order valence-electron chi connectivity index (χ4n) is 1.68. The fourth-order valence-corrected chi connectivity index (χ4v) is 3.36. The van der Waals surface area contributed by atoms with E-state index in [1.54, 1.807) is 31.3 Å². The third-order valence-electron chi connectivity index (χ3n) is 2.77. The average molecular weight is 353 g/mol. The van der Waals surface area contributed by atoms with Crippen molar-refractivity contribution < 1.29 is 14.0 Å². The average Bonchev–Trinajstić information content (AvgIpc) is 2.56. The molecule has 2 atom stereocenters. The Balaban J connectivity index is 2.10. The first-order valence-electron chi connectivity index (χ1n) is 6.36. The second kappa shape index (κ2) is 8.28. The highest BCUT2D eigenvalue weighted by molar-refractivity contribution is 7.80. The molecular weight excluding hydrogens is 338 g/mol. The lowest BCUT2D eigenvalue weighted by Gasteiger charge is -2.21. The van der Waals surface area contributed by atoms with Gasteiger partial charge in [-0.05, 0) is 12.1 Å². The van der Waals surface area contributed by atoms with Crippen molar-refractivity contribution >= 4 is 34.3 Å². The molecule has 1 N–H and O–H groups in total. The molecule has 0 aliphatic rings. The van der Waals surface area contributed by atoms with Gasteiger partial charge in [0.25, 0.3) is 0 Å². The molecule has 114 valence electrons. The zero-order valence-electron chi connectivity index (χ0n) is 11.8. The topological polar surface area (TPSA) is 53.0 Å². The maximum absolute atomic E-state index is 12.3. The van der Waals surface area contributed by atoms with Gasteiger partial charge in [0, 0.05) is 17.2 Å². The smallest absolute Gasteiger partial charge is 0.357 e. The molecule has 2 rings (SSSR count). The van der Waals surface area contributed by atoms with Gasteiger partial charge in [-0.3, -0.25) is 5.01 Å². The van der Waals surface area contributed by atoms with Crippen LogP contribution in [0.5, 0.6) is 5.75 Å².